The number of ether oxygens (including phenoxy) is 1. The van der Waals surface area contributed by atoms with Gasteiger partial charge in [-0.15, -0.1) is 10.2 Å². The van der Waals surface area contributed by atoms with Gasteiger partial charge in [0.1, 0.15) is 5.76 Å². The van der Waals surface area contributed by atoms with Crippen molar-refractivity contribution in [3.8, 4) is 11.4 Å². The summed E-state index contributed by atoms with van der Waals surface area (Å²) in [5.41, 5.74) is 2.89. The number of rotatable bonds is 9. The highest BCUT2D eigenvalue weighted by atomic mass is 32.2. The van der Waals surface area contributed by atoms with Gasteiger partial charge in [-0.3, -0.25) is 9.36 Å². The van der Waals surface area contributed by atoms with Crippen LogP contribution in [0.4, 0.5) is 11.4 Å². The van der Waals surface area contributed by atoms with E-state index in [0.717, 1.165) is 30.1 Å². The molecule has 0 unspecified atom stereocenters. The van der Waals surface area contributed by atoms with Gasteiger partial charge in [-0.05, 0) is 50.1 Å². The summed E-state index contributed by atoms with van der Waals surface area (Å²) in [7, 11) is 1.66. The summed E-state index contributed by atoms with van der Waals surface area (Å²) >= 11 is 1.36. The summed E-state index contributed by atoms with van der Waals surface area (Å²) in [6, 6.07) is 9.91. The third-order valence-corrected chi connectivity index (χ3v) is 6.26. The van der Waals surface area contributed by atoms with Gasteiger partial charge in [0.05, 0.1) is 30.7 Å². The van der Waals surface area contributed by atoms with Crippen molar-refractivity contribution in [3.05, 3.63) is 42.4 Å². The summed E-state index contributed by atoms with van der Waals surface area (Å²) in [4.78, 5) is 14.9. The van der Waals surface area contributed by atoms with E-state index in [1.54, 1.807) is 13.4 Å². The third-order valence-electron chi connectivity index (χ3n) is 5.29. The Hall–Kier alpha value is -2.78. The van der Waals surface area contributed by atoms with Crippen LogP contribution in [-0.2, 0) is 16.1 Å². The highest BCUT2D eigenvalue weighted by Gasteiger charge is 2.18. The predicted octanol–water partition coefficient (Wildman–Crippen LogP) is 3.82. The molecule has 0 aliphatic carbocycles. The highest BCUT2D eigenvalue weighted by molar-refractivity contribution is 7.99. The molecule has 0 saturated carbocycles. The molecule has 1 amide bonds. The van der Waals surface area contributed by atoms with Gasteiger partial charge >= 0.3 is 0 Å². The largest absolute Gasteiger partial charge is 0.469 e. The molecule has 1 saturated heterocycles. The predicted molar refractivity (Wildman–Crippen MR) is 122 cm³/mol. The van der Waals surface area contributed by atoms with Crippen LogP contribution in [0, 0.1) is 6.92 Å². The van der Waals surface area contributed by atoms with Crippen LogP contribution in [0.5, 0.6) is 0 Å². The van der Waals surface area contributed by atoms with E-state index >= 15 is 0 Å². The molecular weight excluding hydrogens is 414 g/mol. The maximum absolute atomic E-state index is 12.5. The molecule has 0 atom stereocenters. The summed E-state index contributed by atoms with van der Waals surface area (Å²) in [5.74, 6) is 1.64. The molecular formula is C22H27N5O3S. The maximum atomic E-state index is 12.5. The van der Waals surface area contributed by atoms with Crippen molar-refractivity contribution >= 4 is 29.0 Å². The number of aryl methyl sites for hydroxylation is 1. The van der Waals surface area contributed by atoms with E-state index in [1.807, 2.05) is 29.7 Å². The third kappa shape index (κ3) is 5.11. The lowest BCUT2D eigenvalue weighted by molar-refractivity contribution is -0.113. The zero-order valence-electron chi connectivity index (χ0n) is 17.8. The lowest BCUT2D eigenvalue weighted by Crippen LogP contribution is -2.18. The molecule has 0 bridgehead atoms. The van der Waals surface area contributed by atoms with E-state index in [2.05, 4.69) is 32.5 Å². The van der Waals surface area contributed by atoms with Crippen LogP contribution in [0.15, 0.2) is 46.2 Å². The van der Waals surface area contributed by atoms with Crippen LogP contribution in [0.3, 0.4) is 0 Å². The van der Waals surface area contributed by atoms with E-state index in [4.69, 9.17) is 9.15 Å². The topological polar surface area (TPSA) is 85.4 Å². The quantitative estimate of drug-likeness (QED) is 0.505. The molecule has 1 N–H and O–H groups in total. The fourth-order valence-electron chi connectivity index (χ4n) is 3.65. The number of amides is 1. The lowest BCUT2D eigenvalue weighted by atomic mass is 10.2. The number of carbonyl (C=O) groups excluding carboxylic acids is 1. The standard InChI is InChI=1S/C22H27N5O3S/c1-16-19(9-13-30-16)21-24-25-22(27(21)12-14-29-2)31-15-20(28)23-17-5-7-18(8-6-17)26-10-3-4-11-26/h5-9,13H,3-4,10-12,14-15H2,1-2H3,(H,23,28). The lowest BCUT2D eigenvalue weighted by Gasteiger charge is -2.17. The molecule has 8 nitrogen and oxygen atoms in total. The molecule has 164 valence electrons. The zero-order chi connectivity index (χ0) is 21.6. The van der Waals surface area contributed by atoms with Crippen molar-refractivity contribution in [2.45, 2.75) is 31.5 Å². The molecule has 1 aliphatic rings. The molecule has 1 fully saturated rings. The molecule has 3 aromatic rings. The summed E-state index contributed by atoms with van der Waals surface area (Å²) in [6.45, 7) is 5.20. The number of carbonyl (C=O) groups is 1. The fourth-order valence-corrected chi connectivity index (χ4v) is 4.42. The Balaban J connectivity index is 1.38. The second kappa shape index (κ2) is 10.0. The molecule has 0 spiro atoms. The van der Waals surface area contributed by atoms with Crippen molar-refractivity contribution < 1.29 is 13.9 Å². The van der Waals surface area contributed by atoms with Crippen LogP contribution in [0.25, 0.3) is 11.4 Å². The summed E-state index contributed by atoms with van der Waals surface area (Å²) < 4.78 is 12.6. The molecule has 9 heteroatoms. The first-order chi connectivity index (χ1) is 15.2. The molecule has 2 aromatic heterocycles. The van der Waals surface area contributed by atoms with Gasteiger partial charge in [0.25, 0.3) is 0 Å². The van der Waals surface area contributed by atoms with E-state index in [0.29, 0.717) is 24.1 Å². The SMILES string of the molecule is COCCn1c(SCC(=O)Nc2ccc(N3CCCC3)cc2)nnc1-c1ccoc1C. The number of hydrogen-bond acceptors (Lipinski definition) is 7. The Bertz CT molecular complexity index is 1010. The Morgan fingerprint density at radius 2 is 1.97 bits per heavy atom. The number of anilines is 2. The van der Waals surface area contributed by atoms with Crippen LogP contribution in [0.1, 0.15) is 18.6 Å². The first kappa shape index (κ1) is 21.5. The monoisotopic (exact) mass is 441 g/mol. The van der Waals surface area contributed by atoms with E-state index in [9.17, 15) is 4.79 Å². The number of nitrogens with zero attached hydrogens (tertiary/aromatic N) is 4. The molecule has 31 heavy (non-hydrogen) atoms. The fraction of sp³-hybridized carbons (Fsp3) is 0.409. The Kier molecular flexibility index (Phi) is 6.93. The van der Waals surface area contributed by atoms with Gasteiger partial charge in [-0.2, -0.15) is 0 Å². The van der Waals surface area contributed by atoms with Crippen molar-refractivity contribution in [1.29, 1.82) is 0 Å². The smallest absolute Gasteiger partial charge is 0.234 e. The number of hydrogen-bond donors (Lipinski definition) is 1. The number of furan rings is 1. The number of benzene rings is 1. The first-order valence-corrected chi connectivity index (χ1v) is 11.4. The first-order valence-electron chi connectivity index (χ1n) is 10.4. The second-order valence-corrected chi connectivity index (χ2v) is 8.36. The van der Waals surface area contributed by atoms with E-state index in [-0.39, 0.29) is 11.7 Å². The van der Waals surface area contributed by atoms with Crippen LogP contribution in [0.2, 0.25) is 0 Å². The number of nitrogens with one attached hydrogen (secondary N) is 1. The average molecular weight is 442 g/mol. The maximum Gasteiger partial charge on any atom is 0.234 e. The van der Waals surface area contributed by atoms with Crippen molar-refractivity contribution in [3.63, 3.8) is 0 Å². The minimum Gasteiger partial charge on any atom is -0.469 e. The van der Waals surface area contributed by atoms with Crippen LogP contribution in [-0.4, -0.2) is 53.2 Å². The molecule has 1 aliphatic heterocycles. The van der Waals surface area contributed by atoms with Gasteiger partial charge < -0.3 is 19.4 Å². The number of thioether (sulfide) groups is 1. The summed E-state index contributed by atoms with van der Waals surface area (Å²) in [6.07, 6.45) is 4.12. The minimum absolute atomic E-state index is 0.0822. The summed E-state index contributed by atoms with van der Waals surface area (Å²) in [5, 5.41) is 12.2. The Labute approximate surface area is 186 Å². The average Bonchev–Trinajstić information content (AvgIpc) is 3.52. The molecule has 3 heterocycles. The van der Waals surface area contributed by atoms with Gasteiger partial charge in [0.2, 0.25) is 5.91 Å². The Morgan fingerprint density at radius 1 is 1.19 bits per heavy atom. The van der Waals surface area contributed by atoms with Crippen molar-refractivity contribution in [2.75, 3.05) is 42.8 Å². The number of aromatic nitrogens is 3. The molecule has 0 radical (unpaired) electrons. The minimum atomic E-state index is -0.0822. The van der Waals surface area contributed by atoms with Crippen LogP contribution < -0.4 is 10.2 Å². The van der Waals surface area contributed by atoms with Gasteiger partial charge in [-0.1, -0.05) is 11.8 Å². The van der Waals surface area contributed by atoms with Gasteiger partial charge in [0.15, 0.2) is 11.0 Å². The van der Waals surface area contributed by atoms with Crippen LogP contribution >= 0.6 is 11.8 Å². The highest BCUT2D eigenvalue weighted by Crippen LogP contribution is 2.27. The molecule has 1 aromatic carbocycles. The van der Waals surface area contributed by atoms with E-state index < -0.39 is 0 Å². The normalized spacial score (nSPS) is 13.7. The van der Waals surface area contributed by atoms with Crippen molar-refractivity contribution in [2.24, 2.45) is 0 Å². The number of methoxy groups -OCH3 is 1. The molecule has 4 rings (SSSR count). The second-order valence-electron chi connectivity index (χ2n) is 7.42. The van der Waals surface area contributed by atoms with E-state index in [1.165, 1.54) is 30.3 Å². The van der Waals surface area contributed by atoms with Gasteiger partial charge in [0, 0.05) is 31.6 Å². The van der Waals surface area contributed by atoms with Crippen molar-refractivity contribution in [1.82, 2.24) is 14.8 Å². The Morgan fingerprint density at radius 3 is 2.65 bits per heavy atom. The van der Waals surface area contributed by atoms with Gasteiger partial charge in [-0.25, -0.2) is 0 Å². The zero-order valence-corrected chi connectivity index (χ0v) is 18.7.